The number of carbonyl (C=O) groups excluding carboxylic acids is 1. The van der Waals surface area contributed by atoms with Gasteiger partial charge in [-0.2, -0.15) is 0 Å². The summed E-state index contributed by atoms with van der Waals surface area (Å²) in [6, 6.07) is 10.5. The van der Waals surface area contributed by atoms with Crippen LogP contribution in [0.15, 0.2) is 42.6 Å². The fraction of sp³-hybridized carbons (Fsp3) is 0.143. The number of anilines is 2. The Hall–Kier alpha value is -1.07. The number of carbonyl (C=O) groups is 1. The van der Waals surface area contributed by atoms with Crippen molar-refractivity contribution in [2.45, 2.75) is 12.8 Å². The van der Waals surface area contributed by atoms with E-state index in [0.29, 0.717) is 16.4 Å². The van der Waals surface area contributed by atoms with E-state index in [1.54, 1.807) is 49.5 Å². The number of benzene rings is 1. The fourth-order valence-electron chi connectivity index (χ4n) is 1.67. The molecule has 98 valence electrons. The van der Waals surface area contributed by atoms with Crippen molar-refractivity contribution in [3.8, 4) is 0 Å². The van der Waals surface area contributed by atoms with Crippen molar-refractivity contribution in [3.63, 3.8) is 0 Å². The summed E-state index contributed by atoms with van der Waals surface area (Å²) in [6.45, 7) is 1.57. The Labute approximate surface area is 144 Å². The third-order valence-corrected chi connectivity index (χ3v) is 3.02. The van der Waals surface area contributed by atoms with Gasteiger partial charge in [-0.1, -0.05) is 24.6 Å². The molecule has 0 aliphatic heterocycles. The van der Waals surface area contributed by atoms with Crippen LogP contribution in [0.1, 0.15) is 18.4 Å². The molecule has 1 unspecified atom stereocenters. The number of hydrogen-bond donors (Lipinski definition) is 1. The van der Waals surface area contributed by atoms with Crippen LogP contribution in [-0.2, 0) is 4.79 Å². The van der Waals surface area contributed by atoms with Crippen LogP contribution in [0.3, 0.4) is 0 Å². The first-order chi connectivity index (χ1) is 9.08. The first kappa shape index (κ1) is 17.0. The minimum Gasteiger partial charge on any atom is -0.550 e. The average molecular weight is 299 g/mol. The number of carboxylic acids is 1. The molecule has 0 radical (unpaired) electrons. The second kappa shape index (κ2) is 7.64. The topological polar surface area (TPSA) is 65.0 Å². The Balaban J connectivity index is 0.00000200. The molecule has 1 aromatic heterocycles. The third kappa shape index (κ3) is 4.21. The van der Waals surface area contributed by atoms with E-state index in [9.17, 15) is 9.90 Å². The Kier molecular flexibility index (Phi) is 6.49. The molecule has 0 amide bonds. The van der Waals surface area contributed by atoms with Gasteiger partial charge in [0, 0.05) is 34.4 Å². The van der Waals surface area contributed by atoms with E-state index in [0.717, 1.165) is 5.69 Å². The minimum absolute atomic E-state index is 0. The van der Waals surface area contributed by atoms with Gasteiger partial charge in [0.1, 0.15) is 5.82 Å². The fourth-order valence-corrected chi connectivity index (χ4v) is 1.79. The standard InChI is InChI=1S/C14H13ClN2O2.Na/c1-9(14(18)19)12-3-2-8-16-13(12)17-11-6-4-10(15)5-7-11;/h2-9H,1H3,(H,16,17)(H,18,19);/q;+1/p-1. The minimum atomic E-state index is -1.13. The predicted molar refractivity (Wildman–Crippen MR) is 72.4 cm³/mol. The van der Waals surface area contributed by atoms with Crippen molar-refractivity contribution in [2.75, 3.05) is 5.32 Å². The summed E-state index contributed by atoms with van der Waals surface area (Å²) in [6.07, 6.45) is 1.60. The van der Waals surface area contributed by atoms with Gasteiger partial charge < -0.3 is 15.2 Å². The molecular weight excluding hydrogens is 287 g/mol. The van der Waals surface area contributed by atoms with E-state index in [1.807, 2.05) is 0 Å². The molecule has 2 aromatic rings. The Bertz CT molecular complexity index is 590. The molecule has 0 saturated carbocycles. The van der Waals surface area contributed by atoms with Gasteiger partial charge in [-0.3, -0.25) is 0 Å². The summed E-state index contributed by atoms with van der Waals surface area (Å²) >= 11 is 5.81. The molecule has 0 fully saturated rings. The van der Waals surface area contributed by atoms with Crippen LogP contribution in [0.25, 0.3) is 0 Å². The monoisotopic (exact) mass is 298 g/mol. The quantitative estimate of drug-likeness (QED) is 0.761. The molecule has 6 heteroatoms. The van der Waals surface area contributed by atoms with Crippen LogP contribution in [0.2, 0.25) is 5.02 Å². The summed E-state index contributed by atoms with van der Waals surface area (Å²) in [5, 5.41) is 14.7. The van der Waals surface area contributed by atoms with Gasteiger partial charge in [-0.05, 0) is 30.3 Å². The third-order valence-electron chi connectivity index (χ3n) is 2.77. The van der Waals surface area contributed by atoms with Crippen LogP contribution >= 0.6 is 11.6 Å². The van der Waals surface area contributed by atoms with Gasteiger partial charge >= 0.3 is 29.6 Å². The van der Waals surface area contributed by atoms with Crippen molar-refractivity contribution in [2.24, 2.45) is 0 Å². The van der Waals surface area contributed by atoms with Crippen molar-refractivity contribution in [1.29, 1.82) is 0 Å². The van der Waals surface area contributed by atoms with Crippen molar-refractivity contribution in [1.82, 2.24) is 4.98 Å². The maximum absolute atomic E-state index is 11.0. The van der Waals surface area contributed by atoms with Gasteiger partial charge in [-0.15, -0.1) is 0 Å². The SMILES string of the molecule is CC(C(=O)[O-])c1cccnc1Nc1ccc(Cl)cc1.[Na+]. The summed E-state index contributed by atoms with van der Waals surface area (Å²) in [5.74, 6) is -1.36. The number of pyridine rings is 1. The normalized spacial score (nSPS) is 11.3. The molecule has 1 atom stereocenters. The number of nitrogens with one attached hydrogen (secondary N) is 1. The number of aromatic nitrogens is 1. The van der Waals surface area contributed by atoms with Crippen LogP contribution in [0.4, 0.5) is 11.5 Å². The molecule has 1 heterocycles. The zero-order valence-electron chi connectivity index (χ0n) is 11.3. The Morgan fingerprint density at radius 2 is 1.95 bits per heavy atom. The first-order valence-corrected chi connectivity index (χ1v) is 6.14. The van der Waals surface area contributed by atoms with Crippen LogP contribution in [0, 0.1) is 0 Å². The molecule has 4 nitrogen and oxygen atoms in total. The molecular formula is C14H12ClN2NaO2. The van der Waals surface area contributed by atoms with Gasteiger partial charge in [0.2, 0.25) is 0 Å². The summed E-state index contributed by atoms with van der Waals surface area (Å²) in [7, 11) is 0. The van der Waals surface area contributed by atoms with Gasteiger partial charge in [0.15, 0.2) is 0 Å². The molecule has 20 heavy (non-hydrogen) atoms. The summed E-state index contributed by atoms with van der Waals surface area (Å²) < 4.78 is 0. The van der Waals surface area contributed by atoms with Crippen molar-refractivity contribution in [3.05, 3.63) is 53.2 Å². The van der Waals surface area contributed by atoms with Gasteiger partial charge in [-0.25, -0.2) is 4.98 Å². The number of halogens is 1. The van der Waals surface area contributed by atoms with Crippen LogP contribution in [-0.4, -0.2) is 11.0 Å². The van der Waals surface area contributed by atoms with E-state index >= 15 is 0 Å². The largest absolute Gasteiger partial charge is 1.00 e. The molecule has 2 rings (SSSR count). The molecule has 0 bridgehead atoms. The maximum Gasteiger partial charge on any atom is 1.00 e. The molecule has 1 aromatic carbocycles. The molecule has 0 aliphatic carbocycles. The number of rotatable bonds is 4. The Morgan fingerprint density at radius 3 is 2.55 bits per heavy atom. The number of carboxylic acid groups (broad SMARTS) is 1. The van der Waals surface area contributed by atoms with Crippen molar-refractivity contribution < 1.29 is 39.5 Å². The number of aliphatic carboxylic acids is 1. The van der Waals surface area contributed by atoms with E-state index in [2.05, 4.69) is 10.3 Å². The first-order valence-electron chi connectivity index (χ1n) is 5.76. The second-order valence-corrected chi connectivity index (χ2v) is 4.55. The molecule has 0 saturated heterocycles. The maximum atomic E-state index is 11.0. The second-order valence-electron chi connectivity index (χ2n) is 4.11. The number of hydrogen-bond acceptors (Lipinski definition) is 4. The zero-order valence-corrected chi connectivity index (χ0v) is 14.0. The van der Waals surface area contributed by atoms with Gasteiger partial charge in [0.05, 0.1) is 0 Å². The van der Waals surface area contributed by atoms with E-state index in [1.165, 1.54) is 0 Å². The van der Waals surface area contributed by atoms with Crippen molar-refractivity contribution >= 4 is 29.1 Å². The summed E-state index contributed by atoms with van der Waals surface area (Å²) in [4.78, 5) is 15.1. The smallest absolute Gasteiger partial charge is 0.550 e. The van der Waals surface area contributed by atoms with Crippen LogP contribution in [0.5, 0.6) is 0 Å². The van der Waals surface area contributed by atoms with Gasteiger partial charge in [0.25, 0.3) is 0 Å². The molecule has 1 N–H and O–H groups in total. The van der Waals surface area contributed by atoms with E-state index < -0.39 is 11.9 Å². The van der Waals surface area contributed by atoms with E-state index in [-0.39, 0.29) is 29.6 Å². The van der Waals surface area contributed by atoms with E-state index in [4.69, 9.17) is 11.6 Å². The zero-order chi connectivity index (χ0) is 13.8. The number of nitrogens with zero attached hydrogens (tertiary/aromatic N) is 1. The summed E-state index contributed by atoms with van der Waals surface area (Å²) in [5.41, 5.74) is 1.37. The molecule has 0 aliphatic rings. The molecule has 0 spiro atoms. The average Bonchev–Trinajstić information content (AvgIpc) is 2.41. The Morgan fingerprint density at radius 1 is 1.30 bits per heavy atom. The van der Waals surface area contributed by atoms with Crippen LogP contribution < -0.4 is 40.0 Å². The predicted octanol–water partition coefficient (Wildman–Crippen LogP) is -0.664.